The van der Waals surface area contributed by atoms with E-state index in [4.69, 9.17) is 4.74 Å². The molecule has 0 N–H and O–H groups in total. The van der Waals surface area contributed by atoms with Crippen molar-refractivity contribution in [3.63, 3.8) is 0 Å². The first kappa shape index (κ1) is 7.80. The highest BCUT2D eigenvalue weighted by molar-refractivity contribution is 4.81. The lowest BCUT2D eigenvalue weighted by molar-refractivity contribution is 0.0881. The first-order valence-electron chi connectivity index (χ1n) is 4.11. The molecule has 1 heterocycles. The van der Waals surface area contributed by atoms with Gasteiger partial charge >= 0.3 is 0 Å². The van der Waals surface area contributed by atoms with Crippen molar-refractivity contribution in [3.8, 4) is 0 Å². The zero-order valence-corrected chi connectivity index (χ0v) is 6.68. The molecule has 1 fully saturated rings. The first-order chi connectivity index (χ1) is 4.88. The summed E-state index contributed by atoms with van der Waals surface area (Å²) in [6.45, 7) is 6.88. The predicted octanol–water partition coefficient (Wildman–Crippen LogP) is 2.38. The minimum absolute atomic E-state index is 0.512. The molecule has 1 heteroatoms. The normalized spacial score (nSPS) is 32.5. The highest BCUT2D eigenvalue weighted by atomic mass is 16.5. The van der Waals surface area contributed by atoms with Crippen LogP contribution in [0.5, 0.6) is 0 Å². The van der Waals surface area contributed by atoms with E-state index in [1.54, 1.807) is 0 Å². The number of allylic oxidation sites excluding steroid dienone is 1. The van der Waals surface area contributed by atoms with E-state index in [9.17, 15) is 0 Å². The van der Waals surface area contributed by atoms with Crippen LogP contribution in [-0.4, -0.2) is 12.7 Å². The van der Waals surface area contributed by atoms with Crippen molar-refractivity contribution < 1.29 is 4.74 Å². The molecule has 0 aromatic carbocycles. The maximum Gasteiger partial charge on any atom is 0.0604 e. The van der Waals surface area contributed by atoms with Crippen LogP contribution in [-0.2, 0) is 4.74 Å². The molecule has 0 saturated carbocycles. The van der Waals surface area contributed by atoms with Gasteiger partial charge in [0.2, 0.25) is 0 Å². The molecule has 2 atom stereocenters. The monoisotopic (exact) mass is 140 g/mol. The molecule has 10 heavy (non-hydrogen) atoms. The second kappa shape index (κ2) is 3.77. The van der Waals surface area contributed by atoms with E-state index in [0.717, 1.165) is 25.4 Å². The highest BCUT2D eigenvalue weighted by Gasteiger charge is 2.24. The van der Waals surface area contributed by atoms with E-state index in [0.29, 0.717) is 6.10 Å². The summed E-state index contributed by atoms with van der Waals surface area (Å²) < 4.78 is 5.52. The molecule has 1 unspecified atom stereocenters. The zero-order valence-electron chi connectivity index (χ0n) is 6.68. The van der Waals surface area contributed by atoms with Crippen LogP contribution in [0.25, 0.3) is 0 Å². The Hall–Kier alpha value is -0.300. The van der Waals surface area contributed by atoms with Gasteiger partial charge in [-0.2, -0.15) is 0 Å². The van der Waals surface area contributed by atoms with Gasteiger partial charge in [0, 0.05) is 6.61 Å². The van der Waals surface area contributed by atoms with Crippen molar-refractivity contribution in [1.29, 1.82) is 0 Å². The Morgan fingerprint density at radius 3 is 3.10 bits per heavy atom. The molecule has 0 aromatic heterocycles. The molecule has 1 saturated heterocycles. The van der Waals surface area contributed by atoms with Crippen molar-refractivity contribution in [1.82, 2.24) is 0 Å². The van der Waals surface area contributed by atoms with Crippen LogP contribution < -0.4 is 0 Å². The van der Waals surface area contributed by atoms with Crippen molar-refractivity contribution in [2.75, 3.05) is 6.61 Å². The SMILES string of the molecule is C=CCC1CCO[C@@H]1CC. The van der Waals surface area contributed by atoms with Crippen molar-refractivity contribution in [3.05, 3.63) is 12.7 Å². The molecule has 1 aliphatic heterocycles. The average molecular weight is 140 g/mol. The summed E-state index contributed by atoms with van der Waals surface area (Å²) >= 11 is 0. The molecular formula is C9H16O. The molecule has 58 valence electrons. The van der Waals surface area contributed by atoms with Crippen molar-refractivity contribution in [2.45, 2.75) is 32.3 Å². The molecule has 0 amide bonds. The summed E-state index contributed by atoms with van der Waals surface area (Å²) in [6.07, 6.45) is 6.02. The summed E-state index contributed by atoms with van der Waals surface area (Å²) in [6, 6.07) is 0. The Labute approximate surface area is 63.1 Å². The average Bonchev–Trinajstić information content (AvgIpc) is 2.36. The summed E-state index contributed by atoms with van der Waals surface area (Å²) in [5.41, 5.74) is 0. The first-order valence-corrected chi connectivity index (χ1v) is 4.11. The molecule has 1 nitrogen and oxygen atoms in total. The van der Waals surface area contributed by atoms with E-state index >= 15 is 0 Å². The maximum atomic E-state index is 5.52. The Morgan fingerprint density at radius 2 is 2.50 bits per heavy atom. The lowest BCUT2D eigenvalue weighted by Crippen LogP contribution is -2.13. The molecule has 0 radical (unpaired) electrons. The molecule has 0 spiro atoms. The van der Waals surface area contributed by atoms with Crippen LogP contribution in [0.15, 0.2) is 12.7 Å². The molecule has 0 aliphatic carbocycles. The van der Waals surface area contributed by atoms with Gasteiger partial charge in [-0.1, -0.05) is 13.0 Å². The molecular weight excluding hydrogens is 124 g/mol. The van der Waals surface area contributed by atoms with Gasteiger partial charge < -0.3 is 4.74 Å². The molecule has 1 rings (SSSR count). The summed E-state index contributed by atoms with van der Waals surface area (Å²) in [5.74, 6) is 0.752. The van der Waals surface area contributed by atoms with Gasteiger partial charge in [-0.25, -0.2) is 0 Å². The Balaban J connectivity index is 2.34. The molecule has 1 aliphatic rings. The minimum atomic E-state index is 0.512. The third-order valence-corrected chi connectivity index (χ3v) is 2.22. The van der Waals surface area contributed by atoms with Gasteiger partial charge in [0.15, 0.2) is 0 Å². The number of hydrogen-bond donors (Lipinski definition) is 0. The standard InChI is InChI=1S/C9H16O/c1-3-5-8-6-7-10-9(8)4-2/h3,8-9H,1,4-7H2,2H3/t8?,9-/m1/s1. The minimum Gasteiger partial charge on any atom is -0.378 e. The second-order valence-corrected chi connectivity index (χ2v) is 2.89. The van der Waals surface area contributed by atoms with Crippen LogP contribution >= 0.6 is 0 Å². The van der Waals surface area contributed by atoms with Crippen LogP contribution in [0.3, 0.4) is 0 Å². The van der Waals surface area contributed by atoms with Crippen molar-refractivity contribution in [2.24, 2.45) is 5.92 Å². The van der Waals surface area contributed by atoms with Gasteiger partial charge in [-0.3, -0.25) is 0 Å². The fraction of sp³-hybridized carbons (Fsp3) is 0.778. The Morgan fingerprint density at radius 1 is 1.70 bits per heavy atom. The van der Waals surface area contributed by atoms with E-state index in [-0.39, 0.29) is 0 Å². The number of rotatable bonds is 3. The van der Waals surface area contributed by atoms with E-state index in [1.165, 1.54) is 6.42 Å². The lowest BCUT2D eigenvalue weighted by Gasteiger charge is -2.13. The third kappa shape index (κ3) is 1.60. The van der Waals surface area contributed by atoms with Gasteiger partial charge in [0.05, 0.1) is 6.10 Å². The second-order valence-electron chi connectivity index (χ2n) is 2.89. The number of hydrogen-bond acceptors (Lipinski definition) is 1. The molecule has 0 bridgehead atoms. The van der Waals surface area contributed by atoms with E-state index in [1.807, 2.05) is 6.08 Å². The van der Waals surface area contributed by atoms with Crippen molar-refractivity contribution >= 4 is 0 Å². The van der Waals surface area contributed by atoms with Gasteiger partial charge in [0.25, 0.3) is 0 Å². The number of ether oxygens (including phenoxy) is 1. The predicted molar refractivity (Wildman–Crippen MR) is 43.0 cm³/mol. The Bertz CT molecular complexity index is 109. The topological polar surface area (TPSA) is 9.23 Å². The summed E-state index contributed by atoms with van der Waals surface area (Å²) in [7, 11) is 0. The third-order valence-electron chi connectivity index (χ3n) is 2.22. The van der Waals surface area contributed by atoms with Crippen LogP contribution in [0, 0.1) is 5.92 Å². The maximum absolute atomic E-state index is 5.52. The zero-order chi connectivity index (χ0) is 7.40. The van der Waals surface area contributed by atoms with Gasteiger partial charge in [-0.15, -0.1) is 6.58 Å². The lowest BCUT2D eigenvalue weighted by atomic mass is 9.96. The smallest absolute Gasteiger partial charge is 0.0604 e. The van der Waals surface area contributed by atoms with E-state index in [2.05, 4.69) is 13.5 Å². The molecule has 0 aromatic rings. The van der Waals surface area contributed by atoms with Gasteiger partial charge in [-0.05, 0) is 25.2 Å². The summed E-state index contributed by atoms with van der Waals surface area (Å²) in [4.78, 5) is 0. The Kier molecular flexibility index (Phi) is 2.94. The summed E-state index contributed by atoms with van der Waals surface area (Å²) in [5, 5.41) is 0. The quantitative estimate of drug-likeness (QED) is 0.547. The fourth-order valence-corrected chi connectivity index (χ4v) is 1.63. The van der Waals surface area contributed by atoms with Gasteiger partial charge in [0.1, 0.15) is 0 Å². The largest absolute Gasteiger partial charge is 0.378 e. The van der Waals surface area contributed by atoms with Crippen LogP contribution in [0.1, 0.15) is 26.2 Å². The fourth-order valence-electron chi connectivity index (χ4n) is 1.63. The van der Waals surface area contributed by atoms with Crippen LogP contribution in [0.4, 0.5) is 0 Å². The highest BCUT2D eigenvalue weighted by Crippen LogP contribution is 2.26. The van der Waals surface area contributed by atoms with E-state index < -0.39 is 0 Å². The van der Waals surface area contributed by atoms with Crippen LogP contribution in [0.2, 0.25) is 0 Å².